The quantitative estimate of drug-likeness (QED) is 0.303. The molecule has 2 heterocycles. The smallest absolute Gasteiger partial charge is 0.187 e. The number of ether oxygens (including phenoxy) is 1. The summed E-state index contributed by atoms with van der Waals surface area (Å²) in [6, 6.07) is 17.8. The highest BCUT2D eigenvalue weighted by molar-refractivity contribution is 7.98. The average Bonchev–Trinajstić information content (AvgIpc) is 3.19. The van der Waals surface area contributed by atoms with Gasteiger partial charge in [-0.15, -0.1) is 0 Å². The van der Waals surface area contributed by atoms with E-state index in [0.717, 1.165) is 16.7 Å². The number of halogens is 1. The van der Waals surface area contributed by atoms with Crippen molar-refractivity contribution in [1.82, 2.24) is 15.1 Å². The zero-order valence-corrected chi connectivity index (χ0v) is 16.5. The molecule has 29 heavy (non-hydrogen) atoms. The minimum atomic E-state index is -0.308. The lowest BCUT2D eigenvalue weighted by molar-refractivity contribution is 0.0888. The second-order valence-electron chi connectivity index (χ2n) is 6.24. The van der Waals surface area contributed by atoms with E-state index in [1.54, 1.807) is 24.4 Å². The summed E-state index contributed by atoms with van der Waals surface area (Å²) in [6.45, 7) is 0.684. The third-order valence-corrected chi connectivity index (χ3v) is 4.86. The van der Waals surface area contributed by atoms with Crippen LogP contribution in [0.25, 0.3) is 22.5 Å². The molecule has 146 valence electrons. The van der Waals surface area contributed by atoms with Gasteiger partial charge in [0.25, 0.3) is 0 Å². The lowest BCUT2D eigenvalue weighted by Gasteiger charge is -2.06. The Morgan fingerprint density at radius 2 is 1.79 bits per heavy atom. The van der Waals surface area contributed by atoms with Crippen molar-refractivity contribution in [3.05, 3.63) is 84.0 Å². The molecule has 7 heteroatoms. The summed E-state index contributed by atoms with van der Waals surface area (Å²) in [5, 5.41) is 4.87. The van der Waals surface area contributed by atoms with E-state index in [-0.39, 0.29) is 12.4 Å². The lowest BCUT2D eigenvalue weighted by atomic mass is 10.0. The first kappa shape index (κ1) is 19.3. The fourth-order valence-electron chi connectivity index (χ4n) is 2.91. The normalized spacial score (nSPS) is 11.0. The van der Waals surface area contributed by atoms with Crippen LogP contribution < -0.4 is 0 Å². The van der Waals surface area contributed by atoms with E-state index in [0.29, 0.717) is 28.9 Å². The Morgan fingerprint density at radius 1 is 1.00 bits per heavy atom. The minimum absolute atomic E-state index is 0.233. The molecule has 2 aromatic carbocycles. The molecule has 0 atom stereocenters. The maximum absolute atomic E-state index is 13.4. The van der Waals surface area contributed by atoms with Crippen LogP contribution in [-0.2, 0) is 18.0 Å². The fourth-order valence-corrected chi connectivity index (χ4v) is 3.26. The maximum atomic E-state index is 13.4. The van der Waals surface area contributed by atoms with Gasteiger partial charge in [-0.2, -0.15) is 0 Å². The van der Waals surface area contributed by atoms with Gasteiger partial charge >= 0.3 is 0 Å². The topological polar surface area (TPSA) is 61.0 Å². The Balaban J connectivity index is 1.68. The maximum Gasteiger partial charge on any atom is 0.187 e. The summed E-state index contributed by atoms with van der Waals surface area (Å²) >= 11 is 1.45. The molecule has 4 aromatic rings. The number of hydrogen-bond acceptors (Lipinski definition) is 6. The van der Waals surface area contributed by atoms with Gasteiger partial charge in [-0.3, -0.25) is 0 Å². The van der Waals surface area contributed by atoms with Crippen LogP contribution in [0.3, 0.4) is 0 Å². The summed E-state index contributed by atoms with van der Waals surface area (Å²) < 4.78 is 24.8. The summed E-state index contributed by atoms with van der Waals surface area (Å²) in [7, 11) is 0. The van der Waals surface area contributed by atoms with Crippen LogP contribution in [0, 0.1) is 5.82 Å². The van der Waals surface area contributed by atoms with Crippen LogP contribution in [0.15, 0.2) is 76.5 Å². The molecule has 0 spiro atoms. The second-order valence-corrected chi connectivity index (χ2v) is 7.02. The highest BCUT2D eigenvalue weighted by atomic mass is 32.2. The van der Waals surface area contributed by atoms with Gasteiger partial charge < -0.3 is 9.26 Å². The number of benzene rings is 2. The van der Waals surface area contributed by atoms with E-state index in [2.05, 4.69) is 15.1 Å². The van der Waals surface area contributed by atoms with Crippen LogP contribution in [-0.4, -0.2) is 21.4 Å². The van der Waals surface area contributed by atoms with Crippen LogP contribution in [0.1, 0.15) is 11.3 Å². The van der Waals surface area contributed by atoms with Gasteiger partial charge in [0.2, 0.25) is 0 Å². The van der Waals surface area contributed by atoms with Gasteiger partial charge in [0, 0.05) is 11.8 Å². The van der Waals surface area contributed by atoms with Crippen molar-refractivity contribution in [3.63, 3.8) is 0 Å². The largest absolute Gasteiger partial charge is 0.369 e. The first-order valence-electron chi connectivity index (χ1n) is 8.98. The lowest BCUT2D eigenvalue weighted by Crippen LogP contribution is -1.97. The summed E-state index contributed by atoms with van der Waals surface area (Å²) in [4.78, 5) is 8.82. The number of thioether (sulfide) groups is 1. The predicted octanol–water partition coefficient (Wildman–Crippen LogP) is 5.38. The van der Waals surface area contributed by atoms with Crippen LogP contribution in [0.2, 0.25) is 0 Å². The zero-order valence-electron chi connectivity index (χ0n) is 15.7. The van der Waals surface area contributed by atoms with Crippen molar-refractivity contribution >= 4 is 11.8 Å². The van der Waals surface area contributed by atoms with Crippen molar-refractivity contribution in [3.8, 4) is 22.5 Å². The SMILES string of the molecule is CSc1nccc(-c2c(-c3ccc(F)cc3)noc2COCc2ccccc2)n1. The van der Waals surface area contributed by atoms with Gasteiger partial charge in [-0.25, -0.2) is 14.4 Å². The van der Waals surface area contributed by atoms with E-state index in [1.807, 2.05) is 36.6 Å². The molecule has 0 fully saturated rings. The third kappa shape index (κ3) is 4.52. The molecule has 0 bridgehead atoms. The van der Waals surface area contributed by atoms with E-state index >= 15 is 0 Å². The predicted molar refractivity (Wildman–Crippen MR) is 110 cm³/mol. The fraction of sp³-hybridized carbons (Fsp3) is 0.136. The zero-order chi connectivity index (χ0) is 20.1. The molecule has 0 aliphatic heterocycles. The molecular weight excluding hydrogens is 389 g/mol. The monoisotopic (exact) mass is 407 g/mol. The molecule has 2 aromatic heterocycles. The van der Waals surface area contributed by atoms with E-state index in [9.17, 15) is 4.39 Å². The van der Waals surface area contributed by atoms with Gasteiger partial charge in [0.15, 0.2) is 10.9 Å². The van der Waals surface area contributed by atoms with Crippen LogP contribution in [0.5, 0.6) is 0 Å². The third-order valence-electron chi connectivity index (χ3n) is 4.30. The Hall–Kier alpha value is -3.03. The Kier molecular flexibility index (Phi) is 5.97. The molecular formula is C22H18FN3O2S. The van der Waals surface area contributed by atoms with Crippen molar-refractivity contribution < 1.29 is 13.7 Å². The number of hydrogen-bond donors (Lipinski definition) is 0. The molecule has 4 rings (SSSR count). The molecule has 0 radical (unpaired) electrons. The first-order chi connectivity index (χ1) is 14.2. The van der Waals surface area contributed by atoms with E-state index in [1.165, 1.54) is 23.9 Å². The number of rotatable bonds is 7. The highest BCUT2D eigenvalue weighted by Gasteiger charge is 2.21. The highest BCUT2D eigenvalue weighted by Crippen LogP contribution is 2.34. The second kappa shape index (κ2) is 8.98. The van der Waals surface area contributed by atoms with Gasteiger partial charge in [0.05, 0.1) is 17.9 Å². The number of aromatic nitrogens is 3. The Morgan fingerprint density at radius 3 is 2.55 bits per heavy atom. The van der Waals surface area contributed by atoms with E-state index in [4.69, 9.17) is 9.26 Å². The molecule has 0 aliphatic rings. The molecule has 0 aliphatic carbocycles. The Labute approximate surface area is 172 Å². The van der Waals surface area contributed by atoms with Gasteiger partial charge in [0.1, 0.15) is 18.1 Å². The minimum Gasteiger partial charge on any atom is -0.369 e. The number of nitrogens with zero attached hydrogens (tertiary/aromatic N) is 3. The summed E-state index contributed by atoms with van der Waals surface area (Å²) in [5.41, 5.74) is 3.81. The van der Waals surface area contributed by atoms with Crippen LogP contribution in [0.4, 0.5) is 4.39 Å². The molecule has 0 unspecified atom stereocenters. The van der Waals surface area contributed by atoms with Crippen molar-refractivity contribution in [1.29, 1.82) is 0 Å². The molecule has 0 amide bonds. The molecule has 0 saturated carbocycles. The molecule has 0 N–H and O–H groups in total. The van der Waals surface area contributed by atoms with Crippen LogP contribution >= 0.6 is 11.8 Å². The van der Waals surface area contributed by atoms with Crippen molar-refractivity contribution in [2.75, 3.05) is 6.26 Å². The molecule has 0 saturated heterocycles. The summed E-state index contributed by atoms with van der Waals surface area (Å²) in [6.07, 6.45) is 3.61. The van der Waals surface area contributed by atoms with Crippen molar-refractivity contribution in [2.24, 2.45) is 0 Å². The Bertz CT molecular complexity index is 1080. The molecule has 5 nitrogen and oxygen atoms in total. The first-order valence-corrected chi connectivity index (χ1v) is 10.2. The standard InChI is InChI=1S/C22H18FN3O2S/c1-29-22-24-12-11-18(25-22)20-19(14-27-13-15-5-3-2-4-6-15)28-26-21(20)16-7-9-17(23)10-8-16/h2-12H,13-14H2,1H3. The van der Waals surface area contributed by atoms with Crippen molar-refractivity contribution in [2.45, 2.75) is 18.4 Å². The van der Waals surface area contributed by atoms with E-state index < -0.39 is 0 Å². The summed E-state index contributed by atoms with van der Waals surface area (Å²) in [5.74, 6) is 0.253. The van der Waals surface area contributed by atoms with Gasteiger partial charge in [-0.1, -0.05) is 47.3 Å². The van der Waals surface area contributed by atoms with Gasteiger partial charge in [-0.05, 0) is 42.2 Å². The average molecular weight is 407 g/mol.